The number of phenols is 1. The molecule has 3 atom stereocenters. The third-order valence-corrected chi connectivity index (χ3v) is 9.57. The van der Waals surface area contributed by atoms with Gasteiger partial charge in [0.2, 0.25) is 0 Å². The van der Waals surface area contributed by atoms with E-state index in [1.807, 2.05) is 32.9 Å². The van der Waals surface area contributed by atoms with E-state index >= 15 is 0 Å². The van der Waals surface area contributed by atoms with Crippen molar-refractivity contribution in [3.8, 4) is 17.2 Å². The second kappa shape index (κ2) is 18.0. The Morgan fingerprint density at radius 3 is 2.11 bits per heavy atom. The molecule has 5 heteroatoms. The summed E-state index contributed by atoms with van der Waals surface area (Å²) in [5, 5.41) is 9.01. The van der Waals surface area contributed by atoms with E-state index in [1.54, 1.807) is 47.5 Å². The predicted octanol–water partition coefficient (Wildman–Crippen LogP) is 10.6. The third kappa shape index (κ3) is 11.5. The minimum atomic E-state index is -0.469. The summed E-state index contributed by atoms with van der Waals surface area (Å²) in [6, 6.07) is 23.3. The number of fused-ring (bicyclic) bond motifs is 1. The highest BCUT2D eigenvalue weighted by molar-refractivity contribution is 5.78. The molecule has 2 aliphatic carbocycles. The largest absolute Gasteiger partial charge is 0.508 e. The molecule has 45 heavy (non-hydrogen) atoms. The molecule has 1 N–H and O–H groups in total. The molecule has 0 aromatic heterocycles. The fraction of sp³-hybridized carbons (Fsp3) is 0.525. The van der Waals surface area contributed by atoms with Crippen LogP contribution < -0.4 is 9.47 Å². The van der Waals surface area contributed by atoms with E-state index in [-0.39, 0.29) is 12.8 Å². The Morgan fingerprint density at radius 2 is 1.51 bits per heavy atom. The number of ether oxygens (including phenoxy) is 3. The lowest BCUT2D eigenvalue weighted by Crippen LogP contribution is -2.28. The minimum absolute atomic E-state index is 0.214. The Kier molecular flexibility index (Phi) is 14.5. The number of hydrogen-bond donors (Lipinski definition) is 1. The van der Waals surface area contributed by atoms with Crippen molar-refractivity contribution in [1.29, 1.82) is 0 Å². The van der Waals surface area contributed by atoms with Crippen molar-refractivity contribution in [2.75, 3.05) is 6.79 Å². The molecule has 0 heterocycles. The summed E-state index contributed by atoms with van der Waals surface area (Å²) in [7, 11) is 0. The van der Waals surface area contributed by atoms with Crippen molar-refractivity contribution < 1.29 is 24.1 Å². The first-order valence-corrected chi connectivity index (χ1v) is 17.0. The second-order valence-electron chi connectivity index (χ2n) is 13.4. The molecule has 0 bridgehead atoms. The highest BCUT2D eigenvalue weighted by Crippen LogP contribution is 2.36. The number of phenolic OH excluding ortho intramolecular Hbond substituents is 1. The molecular formula is C40H56O5. The second-order valence-corrected chi connectivity index (χ2v) is 13.4. The molecule has 0 aliphatic heterocycles. The van der Waals surface area contributed by atoms with E-state index in [9.17, 15) is 4.79 Å². The maximum absolute atomic E-state index is 12.0. The van der Waals surface area contributed by atoms with Crippen LogP contribution in [0.25, 0.3) is 0 Å². The van der Waals surface area contributed by atoms with Crippen LogP contribution in [0.2, 0.25) is 0 Å². The molecule has 0 spiro atoms. The van der Waals surface area contributed by atoms with Gasteiger partial charge in [-0.25, -0.2) is 0 Å². The Bertz CT molecular complexity index is 1270. The molecule has 0 saturated heterocycles. The van der Waals surface area contributed by atoms with Gasteiger partial charge in [0, 0.05) is 0 Å². The zero-order chi connectivity index (χ0) is 32.8. The number of carbonyl (C=O) groups is 1. The molecule has 5 rings (SSSR count). The minimum Gasteiger partial charge on any atom is -0.508 e. The van der Waals surface area contributed by atoms with Gasteiger partial charge in [0.1, 0.15) is 17.2 Å². The van der Waals surface area contributed by atoms with Crippen molar-refractivity contribution >= 4 is 5.97 Å². The Balaban J connectivity index is 0.000000208. The maximum Gasteiger partial charge on any atom is 0.316 e. The van der Waals surface area contributed by atoms with E-state index in [0.717, 1.165) is 43.3 Å². The van der Waals surface area contributed by atoms with Gasteiger partial charge >= 0.3 is 5.97 Å². The fourth-order valence-electron chi connectivity index (χ4n) is 5.46. The monoisotopic (exact) mass is 616 g/mol. The number of esters is 1. The first-order chi connectivity index (χ1) is 21.5. The van der Waals surface area contributed by atoms with E-state index in [4.69, 9.17) is 19.3 Å². The van der Waals surface area contributed by atoms with Gasteiger partial charge < -0.3 is 19.3 Å². The van der Waals surface area contributed by atoms with Crippen LogP contribution >= 0.6 is 0 Å². The summed E-state index contributed by atoms with van der Waals surface area (Å²) in [4.78, 5) is 12.0. The van der Waals surface area contributed by atoms with E-state index < -0.39 is 5.41 Å². The van der Waals surface area contributed by atoms with Crippen LogP contribution in [-0.4, -0.2) is 24.0 Å². The van der Waals surface area contributed by atoms with Gasteiger partial charge in [-0.3, -0.25) is 4.79 Å². The van der Waals surface area contributed by atoms with Gasteiger partial charge in [-0.2, -0.15) is 0 Å². The standard InChI is InChI=1S/C19H28O4.C11H14.C10H14O/c1-4-19(2,3)18(20)23-17-12-10-16(11-13-17)22-14-21-15-8-6-5-7-9-15;1-8-7-10-5-3-4-6-11(10)9(8)2;1-3-8(2)9-4-6-10(11)7-5-9/h10-13,15H,4-9,14H2,1-3H3;3-6,8-9H,7H2,1-2H3;4-8,11H,3H2,1-2H3. The number of aromatic hydroxyl groups is 1. The predicted molar refractivity (Wildman–Crippen MR) is 184 cm³/mol. The van der Waals surface area contributed by atoms with E-state index in [2.05, 4.69) is 52.0 Å². The smallest absolute Gasteiger partial charge is 0.316 e. The Hall–Kier alpha value is -3.31. The molecule has 0 radical (unpaired) electrons. The van der Waals surface area contributed by atoms with Crippen molar-refractivity contribution in [2.24, 2.45) is 11.3 Å². The van der Waals surface area contributed by atoms with E-state index in [0.29, 0.717) is 23.5 Å². The van der Waals surface area contributed by atoms with Crippen LogP contribution in [0, 0.1) is 11.3 Å². The lowest BCUT2D eigenvalue weighted by Gasteiger charge is -2.22. The van der Waals surface area contributed by atoms with E-state index in [1.165, 1.54) is 31.2 Å². The molecule has 3 aromatic rings. The molecule has 2 aliphatic rings. The average molecular weight is 617 g/mol. The molecule has 3 unspecified atom stereocenters. The van der Waals surface area contributed by atoms with Gasteiger partial charge in [-0.1, -0.05) is 90.3 Å². The summed E-state index contributed by atoms with van der Waals surface area (Å²) in [5.74, 6) is 3.59. The number of carbonyl (C=O) groups excluding carboxylic acids is 1. The van der Waals surface area contributed by atoms with Crippen molar-refractivity contribution in [3.63, 3.8) is 0 Å². The molecule has 3 aromatic carbocycles. The summed E-state index contributed by atoms with van der Waals surface area (Å²) in [6.45, 7) is 15.0. The van der Waals surface area contributed by atoms with Crippen LogP contribution in [0.4, 0.5) is 0 Å². The van der Waals surface area contributed by atoms with Gasteiger partial charge in [0.05, 0.1) is 11.5 Å². The summed E-state index contributed by atoms with van der Waals surface area (Å²) >= 11 is 0. The maximum atomic E-state index is 12.0. The number of hydrogen-bond acceptors (Lipinski definition) is 5. The van der Waals surface area contributed by atoms with Crippen molar-refractivity contribution in [2.45, 2.75) is 118 Å². The summed E-state index contributed by atoms with van der Waals surface area (Å²) in [5.41, 5.74) is 3.96. The topological polar surface area (TPSA) is 65.0 Å². The van der Waals surface area contributed by atoms with Crippen molar-refractivity contribution in [3.05, 3.63) is 89.5 Å². The number of benzene rings is 3. The zero-order valence-corrected chi connectivity index (χ0v) is 28.7. The highest BCUT2D eigenvalue weighted by atomic mass is 16.7. The summed E-state index contributed by atoms with van der Waals surface area (Å²) < 4.78 is 16.7. The third-order valence-electron chi connectivity index (χ3n) is 9.57. The van der Waals surface area contributed by atoms with Gasteiger partial charge in [0.15, 0.2) is 6.79 Å². The molecule has 5 nitrogen and oxygen atoms in total. The van der Waals surface area contributed by atoms with Gasteiger partial charge in [-0.15, -0.1) is 0 Å². The molecule has 1 fully saturated rings. The molecule has 246 valence electrons. The Labute approximate surface area is 272 Å². The fourth-order valence-corrected chi connectivity index (χ4v) is 5.46. The van der Waals surface area contributed by atoms with Crippen LogP contribution in [0.3, 0.4) is 0 Å². The highest BCUT2D eigenvalue weighted by Gasteiger charge is 2.27. The lowest BCUT2D eigenvalue weighted by molar-refractivity contribution is -0.144. The summed E-state index contributed by atoms with van der Waals surface area (Å²) in [6.07, 6.45) is 9.57. The zero-order valence-electron chi connectivity index (χ0n) is 28.7. The molecular weight excluding hydrogens is 560 g/mol. The SMILES string of the molecule is CC1Cc2ccccc2C1C.CCC(C)(C)C(=O)Oc1ccc(OCOC2CCCCC2)cc1.CCC(C)c1ccc(O)cc1. The average Bonchev–Trinajstić information content (AvgIpc) is 3.35. The Morgan fingerprint density at radius 1 is 0.889 bits per heavy atom. The number of rotatable bonds is 9. The van der Waals surface area contributed by atoms with Crippen LogP contribution in [0.15, 0.2) is 72.8 Å². The van der Waals surface area contributed by atoms with Gasteiger partial charge in [0.25, 0.3) is 0 Å². The molecule has 0 amide bonds. The quantitative estimate of drug-likeness (QED) is 0.147. The normalized spacial score (nSPS) is 18.4. The van der Waals surface area contributed by atoms with Crippen LogP contribution in [0.5, 0.6) is 17.2 Å². The van der Waals surface area contributed by atoms with Gasteiger partial charge in [-0.05, 0) is 117 Å². The van der Waals surface area contributed by atoms with Crippen LogP contribution in [0.1, 0.15) is 122 Å². The molecule has 1 saturated carbocycles. The first kappa shape index (κ1) is 36.2. The first-order valence-electron chi connectivity index (χ1n) is 17.0. The van der Waals surface area contributed by atoms with Crippen molar-refractivity contribution in [1.82, 2.24) is 0 Å². The lowest BCUT2D eigenvalue weighted by atomic mass is 9.91. The van der Waals surface area contributed by atoms with Crippen LogP contribution in [-0.2, 0) is 16.0 Å².